The molecule has 0 saturated carbocycles. The van der Waals surface area contributed by atoms with Gasteiger partial charge in [0, 0.05) is 36.4 Å². The summed E-state index contributed by atoms with van der Waals surface area (Å²) in [6, 6.07) is 21.4. The number of aryl methyl sites for hydroxylation is 1. The third-order valence-corrected chi connectivity index (χ3v) is 6.82. The van der Waals surface area contributed by atoms with E-state index >= 15 is 0 Å². The number of nitrogens with one attached hydrogen (secondary N) is 1. The van der Waals surface area contributed by atoms with Crippen LogP contribution in [0.25, 0.3) is 0 Å². The average Bonchev–Trinajstić information content (AvgIpc) is 2.84. The molecule has 0 aliphatic carbocycles. The molecule has 0 saturated heterocycles. The topological polar surface area (TPSA) is 49.4 Å². The van der Waals surface area contributed by atoms with Gasteiger partial charge in [0.15, 0.2) is 0 Å². The summed E-state index contributed by atoms with van der Waals surface area (Å²) in [5.41, 5.74) is 3.39. The molecule has 178 valence electrons. The second kappa shape index (κ2) is 12.6. The zero-order valence-corrected chi connectivity index (χ0v) is 20.8. The average molecular weight is 499 g/mol. The zero-order valence-electron chi connectivity index (χ0n) is 19.3. The molecule has 0 spiro atoms. The van der Waals surface area contributed by atoms with Gasteiger partial charge in [-0.1, -0.05) is 77.8 Å². The second-order valence-electron chi connectivity index (χ2n) is 8.02. The van der Waals surface area contributed by atoms with Crippen LogP contribution in [0.1, 0.15) is 22.3 Å². The van der Waals surface area contributed by atoms with E-state index in [2.05, 4.69) is 5.32 Å². The van der Waals surface area contributed by atoms with E-state index in [9.17, 15) is 14.0 Å². The summed E-state index contributed by atoms with van der Waals surface area (Å²) in [6.45, 7) is 2.30. The van der Waals surface area contributed by atoms with Crippen LogP contribution in [-0.2, 0) is 28.3 Å². The number of carbonyl (C=O) groups excluding carboxylic acids is 2. The molecule has 3 aromatic rings. The predicted molar refractivity (Wildman–Crippen MR) is 137 cm³/mol. The summed E-state index contributed by atoms with van der Waals surface area (Å²) in [5, 5.41) is 3.04. The number of carbonyl (C=O) groups is 2. The maximum atomic E-state index is 14.1. The Hall–Kier alpha value is -2.83. The monoisotopic (exact) mass is 498 g/mol. The number of nitrogens with zero attached hydrogens (tertiary/aromatic N) is 1. The molecule has 1 unspecified atom stereocenters. The van der Waals surface area contributed by atoms with Crippen molar-refractivity contribution in [2.75, 3.05) is 12.8 Å². The van der Waals surface area contributed by atoms with E-state index in [-0.39, 0.29) is 23.3 Å². The minimum atomic E-state index is -0.682. The third-order valence-electron chi connectivity index (χ3n) is 5.52. The van der Waals surface area contributed by atoms with E-state index < -0.39 is 11.9 Å². The summed E-state index contributed by atoms with van der Waals surface area (Å²) >= 11 is 7.41. The number of thioether (sulfide) groups is 1. The SMILES string of the molecule is CNC(=O)C(Cc1ccccc1)N(Cc1ccc(C)cc1)C(=O)CSCc1c(F)cccc1Cl. The maximum Gasteiger partial charge on any atom is 0.242 e. The van der Waals surface area contributed by atoms with E-state index in [1.165, 1.54) is 17.8 Å². The Bertz CT molecular complexity index is 1090. The van der Waals surface area contributed by atoms with E-state index in [1.807, 2.05) is 61.5 Å². The first-order chi connectivity index (χ1) is 16.4. The molecule has 0 bridgehead atoms. The first-order valence-corrected chi connectivity index (χ1v) is 12.5. The molecule has 4 nitrogen and oxygen atoms in total. The minimum absolute atomic E-state index is 0.0960. The van der Waals surface area contributed by atoms with Gasteiger partial charge in [-0.2, -0.15) is 0 Å². The fourth-order valence-corrected chi connectivity index (χ4v) is 4.85. The second-order valence-corrected chi connectivity index (χ2v) is 9.41. The molecule has 0 heterocycles. The first kappa shape index (κ1) is 25.8. The van der Waals surface area contributed by atoms with E-state index in [4.69, 9.17) is 11.6 Å². The number of hydrogen-bond acceptors (Lipinski definition) is 3. The van der Waals surface area contributed by atoms with E-state index in [0.717, 1.165) is 16.7 Å². The molecular formula is C27H28ClFN2O2S. The molecule has 0 aliphatic heterocycles. The lowest BCUT2D eigenvalue weighted by Crippen LogP contribution is -2.50. The van der Waals surface area contributed by atoms with Crippen molar-refractivity contribution in [1.29, 1.82) is 0 Å². The first-order valence-electron chi connectivity index (χ1n) is 11.0. The van der Waals surface area contributed by atoms with Crippen molar-refractivity contribution in [3.05, 3.63) is 106 Å². The van der Waals surface area contributed by atoms with E-state index in [1.54, 1.807) is 24.1 Å². The van der Waals surface area contributed by atoms with Gasteiger partial charge in [-0.25, -0.2) is 4.39 Å². The Balaban J connectivity index is 1.82. The lowest BCUT2D eigenvalue weighted by Gasteiger charge is -2.31. The predicted octanol–water partition coefficient (Wildman–Crippen LogP) is 5.41. The van der Waals surface area contributed by atoms with Gasteiger partial charge in [0.2, 0.25) is 11.8 Å². The van der Waals surface area contributed by atoms with Crippen molar-refractivity contribution in [3.8, 4) is 0 Å². The molecule has 2 amide bonds. The molecule has 0 aromatic heterocycles. The molecule has 0 aliphatic rings. The lowest BCUT2D eigenvalue weighted by atomic mass is 10.0. The molecular weight excluding hydrogens is 471 g/mol. The highest BCUT2D eigenvalue weighted by molar-refractivity contribution is 7.99. The molecule has 0 fully saturated rings. The van der Waals surface area contributed by atoms with Gasteiger partial charge in [-0.15, -0.1) is 11.8 Å². The molecule has 1 atom stereocenters. The standard InChI is InChI=1S/C27H28ClFN2O2S/c1-19-11-13-21(14-12-19)16-31(25(27(33)30-2)15-20-7-4-3-5-8-20)26(32)18-34-17-22-23(28)9-6-10-24(22)29/h3-14,25H,15-18H2,1-2H3,(H,30,33). The van der Waals surface area contributed by atoms with Crippen molar-refractivity contribution >= 4 is 35.2 Å². The Morgan fingerprint density at radius 2 is 1.71 bits per heavy atom. The van der Waals surface area contributed by atoms with Gasteiger partial charge in [-0.3, -0.25) is 9.59 Å². The number of benzene rings is 3. The van der Waals surface area contributed by atoms with Gasteiger partial charge in [0.05, 0.1) is 5.75 Å². The van der Waals surface area contributed by atoms with Gasteiger partial charge < -0.3 is 10.2 Å². The van der Waals surface area contributed by atoms with Crippen molar-refractivity contribution < 1.29 is 14.0 Å². The normalized spacial score (nSPS) is 11.6. The van der Waals surface area contributed by atoms with Crippen LogP contribution in [0.3, 0.4) is 0 Å². The summed E-state index contributed by atoms with van der Waals surface area (Å²) in [7, 11) is 1.57. The van der Waals surface area contributed by atoms with Crippen LogP contribution in [0.15, 0.2) is 72.8 Å². The summed E-state index contributed by atoms with van der Waals surface area (Å²) in [6.07, 6.45) is 0.391. The lowest BCUT2D eigenvalue weighted by molar-refractivity contribution is -0.139. The van der Waals surface area contributed by atoms with Crippen molar-refractivity contribution in [2.45, 2.75) is 31.7 Å². The fourth-order valence-electron chi connectivity index (χ4n) is 3.60. The largest absolute Gasteiger partial charge is 0.357 e. The third kappa shape index (κ3) is 7.08. The van der Waals surface area contributed by atoms with Crippen molar-refractivity contribution in [1.82, 2.24) is 10.2 Å². The molecule has 0 radical (unpaired) electrons. The highest BCUT2D eigenvalue weighted by atomic mass is 35.5. The Morgan fingerprint density at radius 3 is 2.35 bits per heavy atom. The van der Waals surface area contributed by atoms with Crippen molar-refractivity contribution in [3.63, 3.8) is 0 Å². The molecule has 1 N–H and O–H groups in total. The Morgan fingerprint density at radius 1 is 1.00 bits per heavy atom. The summed E-state index contributed by atoms with van der Waals surface area (Å²) in [5.74, 6) is -0.456. The fraction of sp³-hybridized carbons (Fsp3) is 0.259. The highest BCUT2D eigenvalue weighted by Gasteiger charge is 2.29. The van der Waals surface area contributed by atoms with Crippen LogP contribution >= 0.6 is 23.4 Å². The number of halogens is 2. The van der Waals surface area contributed by atoms with E-state index in [0.29, 0.717) is 23.6 Å². The van der Waals surface area contributed by atoms with Crippen LogP contribution < -0.4 is 5.32 Å². The van der Waals surface area contributed by atoms with Crippen LogP contribution in [-0.4, -0.2) is 35.6 Å². The molecule has 7 heteroatoms. The molecule has 34 heavy (non-hydrogen) atoms. The molecule has 3 rings (SSSR count). The van der Waals surface area contributed by atoms with Gasteiger partial charge >= 0.3 is 0 Å². The quantitative estimate of drug-likeness (QED) is 0.407. The van der Waals surface area contributed by atoms with Crippen LogP contribution in [0.5, 0.6) is 0 Å². The number of rotatable bonds is 10. The Labute approximate surface area is 209 Å². The highest BCUT2D eigenvalue weighted by Crippen LogP contribution is 2.25. The summed E-state index contributed by atoms with van der Waals surface area (Å²) in [4.78, 5) is 28.0. The number of amides is 2. The van der Waals surface area contributed by atoms with Gasteiger partial charge in [-0.05, 0) is 30.2 Å². The minimum Gasteiger partial charge on any atom is -0.357 e. The number of hydrogen-bond donors (Lipinski definition) is 1. The van der Waals surface area contributed by atoms with Gasteiger partial charge in [0.25, 0.3) is 0 Å². The summed E-state index contributed by atoms with van der Waals surface area (Å²) < 4.78 is 14.1. The van der Waals surface area contributed by atoms with Crippen LogP contribution in [0, 0.1) is 12.7 Å². The van der Waals surface area contributed by atoms with Crippen LogP contribution in [0.2, 0.25) is 5.02 Å². The van der Waals surface area contributed by atoms with Crippen LogP contribution in [0.4, 0.5) is 4.39 Å². The van der Waals surface area contributed by atoms with Gasteiger partial charge in [0.1, 0.15) is 11.9 Å². The van der Waals surface area contributed by atoms with Crippen molar-refractivity contribution in [2.24, 2.45) is 0 Å². The Kier molecular flexibility index (Phi) is 9.54. The smallest absolute Gasteiger partial charge is 0.242 e. The molecule has 3 aromatic carbocycles. The maximum absolute atomic E-state index is 14.1. The number of likely N-dealkylation sites (N-methyl/N-ethyl adjacent to an activating group) is 1. The zero-order chi connectivity index (χ0) is 24.5.